The zero-order valence-corrected chi connectivity index (χ0v) is 17.8. The van der Waals surface area contributed by atoms with Gasteiger partial charge in [0.25, 0.3) is 5.91 Å². The summed E-state index contributed by atoms with van der Waals surface area (Å²) in [7, 11) is 0. The summed E-state index contributed by atoms with van der Waals surface area (Å²) in [6, 6.07) is 19.6. The number of hydrogen-bond acceptors (Lipinski definition) is 5. The number of fused-ring (bicyclic) bond motifs is 1. The number of amides is 1. The van der Waals surface area contributed by atoms with Gasteiger partial charge in [0.1, 0.15) is 0 Å². The third-order valence-electron chi connectivity index (χ3n) is 5.07. The number of ether oxygens (including phenoxy) is 1. The maximum Gasteiger partial charge on any atom is 0.338 e. The molecule has 4 N–H and O–H groups in total. The second-order valence-corrected chi connectivity index (χ2v) is 7.91. The van der Waals surface area contributed by atoms with Crippen molar-refractivity contribution in [1.29, 1.82) is 0 Å². The molecule has 0 bridgehead atoms. The van der Waals surface area contributed by atoms with Crippen LogP contribution in [0.5, 0.6) is 0 Å². The molecule has 6 nitrogen and oxygen atoms in total. The van der Waals surface area contributed by atoms with Crippen molar-refractivity contribution in [3.05, 3.63) is 93.5 Å². The number of nitrogens with two attached hydrogens (primary N) is 1. The Morgan fingerprint density at radius 3 is 2.26 bits per heavy atom. The van der Waals surface area contributed by atoms with Gasteiger partial charge in [0.2, 0.25) is 5.66 Å². The van der Waals surface area contributed by atoms with Gasteiger partial charge in [-0.25, -0.2) is 4.79 Å². The number of anilines is 2. The largest absolute Gasteiger partial charge is 0.462 e. The number of esters is 1. The van der Waals surface area contributed by atoms with Gasteiger partial charge in [0.05, 0.1) is 33.6 Å². The molecule has 0 aliphatic carbocycles. The minimum atomic E-state index is -1.55. The number of primary amides is 1. The Balaban J connectivity index is 1.54. The van der Waals surface area contributed by atoms with Crippen molar-refractivity contribution in [2.24, 2.45) is 5.73 Å². The number of hydrogen-bond donors (Lipinski definition) is 3. The van der Waals surface area contributed by atoms with Gasteiger partial charge in [-0.3, -0.25) is 4.79 Å². The fraction of sp³-hybridized carbons (Fsp3) is 0.130. The van der Waals surface area contributed by atoms with Crippen LogP contribution in [0.2, 0.25) is 10.0 Å². The van der Waals surface area contributed by atoms with Crippen LogP contribution in [0.25, 0.3) is 0 Å². The number of nitrogens with one attached hydrogen (secondary N) is 2. The first-order valence-electron chi connectivity index (χ1n) is 9.56. The van der Waals surface area contributed by atoms with Gasteiger partial charge in [0, 0.05) is 12.0 Å². The second-order valence-electron chi connectivity index (χ2n) is 7.09. The molecule has 3 aromatic carbocycles. The smallest absolute Gasteiger partial charge is 0.338 e. The molecule has 4 rings (SSSR count). The first-order valence-corrected chi connectivity index (χ1v) is 10.3. The Bertz CT molecular complexity index is 1130. The van der Waals surface area contributed by atoms with Crippen LogP contribution >= 0.6 is 23.2 Å². The van der Waals surface area contributed by atoms with Gasteiger partial charge in [-0.2, -0.15) is 0 Å². The van der Waals surface area contributed by atoms with Gasteiger partial charge < -0.3 is 21.1 Å². The Morgan fingerprint density at radius 1 is 0.903 bits per heavy atom. The van der Waals surface area contributed by atoms with Crippen molar-refractivity contribution in [3.8, 4) is 0 Å². The molecular weight excluding hydrogens is 437 g/mol. The lowest BCUT2D eigenvalue weighted by molar-refractivity contribution is -0.121. The molecule has 0 saturated carbocycles. The molecule has 3 aromatic rings. The number of carbonyl (C=O) groups is 2. The van der Waals surface area contributed by atoms with Crippen LogP contribution in [-0.2, 0) is 21.6 Å². The molecular formula is C23H19Cl2N3O3. The summed E-state index contributed by atoms with van der Waals surface area (Å²) in [6.45, 7) is 0.256. The first-order chi connectivity index (χ1) is 14.9. The van der Waals surface area contributed by atoms with E-state index in [1.54, 1.807) is 36.4 Å². The fourth-order valence-corrected chi connectivity index (χ4v) is 4.22. The van der Waals surface area contributed by atoms with Crippen LogP contribution in [0, 0.1) is 0 Å². The number of benzene rings is 3. The fourth-order valence-electron chi connectivity index (χ4n) is 3.54. The van der Waals surface area contributed by atoms with E-state index in [0.717, 1.165) is 5.56 Å². The molecule has 8 heteroatoms. The van der Waals surface area contributed by atoms with Crippen molar-refractivity contribution in [1.82, 2.24) is 0 Å². The highest BCUT2D eigenvalue weighted by molar-refractivity contribution is 6.37. The molecule has 1 heterocycles. The Morgan fingerprint density at radius 2 is 1.58 bits per heavy atom. The van der Waals surface area contributed by atoms with Crippen molar-refractivity contribution in [2.45, 2.75) is 12.1 Å². The summed E-state index contributed by atoms with van der Waals surface area (Å²) in [6.07, 6.45) is 0.618. The molecule has 158 valence electrons. The summed E-state index contributed by atoms with van der Waals surface area (Å²) in [5, 5.41) is 6.68. The molecule has 1 unspecified atom stereocenters. The average Bonchev–Trinajstić information content (AvgIpc) is 3.14. The minimum Gasteiger partial charge on any atom is -0.462 e. The number of rotatable bonds is 6. The lowest BCUT2D eigenvalue weighted by atomic mass is 9.99. The third kappa shape index (κ3) is 4.04. The molecule has 1 atom stereocenters. The van der Waals surface area contributed by atoms with Crippen molar-refractivity contribution >= 4 is 46.5 Å². The van der Waals surface area contributed by atoms with Gasteiger partial charge in [-0.15, -0.1) is 0 Å². The van der Waals surface area contributed by atoms with Crippen molar-refractivity contribution in [3.63, 3.8) is 0 Å². The molecule has 0 radical (unpaired) electrons. The lowest BCUT2D eigenvalue weighted by Gasteiger charge is -2.29. The quantitative estimate of drug-likeness (QED) is 0.473. The zero-order chi connectivity index (χ0) is 22.0. The number of carbonyl (C=O) groups excluding carboxylic acids is 2. The summed E-state index contributed by atoms with van der Waals surface area (Å²) in [5.74, 6) is -1.18. The maximum absolute atomic E-state index is 12.5. The third-order valence-corrected chi connectivity index (χ3v) is 5.70. The Kier molecular flexibility index (Phi) is 5.76. The molecule has 1 amide bonds. The summed E-state index contributed by atoms with van der Waals surface area (Å²) < 4.78 is 5.39. The van der Waals surface area contributed by atoms with E-state index in [4.69, 9.17) is 33.7 Å². The first kappa shape index (κ1) is 21.0. The maximum atomic E-state index is 12.5. The van der Waals surface area contributed by atoms with Gasteiger partial charge in [-0.05, 0) is 35.9 Å². The summed E-state index contributed by atoms with van der Waals surface area (Å²) in [4.78, 5) is 25.0. The SMILES string of the molecule is NC(=O)C1(c2c(Cl)cccc2Cl)Nc2ccc(C(=O)OCCc3ccccc3)cc2N1. The number of halogens is 2. The molecule has 0 spiro atoms. The highest BCUT2D eigenvalue weighted by atomic mass is 35.5. The lowest BCUT2D eigenvalue weighted by Crippen LogP contribution is -2.51. The van der Waals surface area contributed by atoms with E-state index in [1.807, 2.05) is 30.3 Å². The predicted molar refractivity (Wildman–Crippen MR) is 121 cm³/mol. The molecule has 31 heavy (non-hydrogen) atoms. The second kappa shape index (κ2) is 8.49. The highest BCUT2D eigenvalue weighted by Gasteiger charge is 2.46. The molecule has 1 aliphatic heterocycles. The van der Waals surface area contributed by atoms with Crippen LogP contribution in [0.4, 0.5) is 11.4 Å². The van der Waals surface area contributed by atoms with Gasteiger partial charge >= 0.3 is 5.97 Å². The van der Waals surface area contributed by atoms with Crippen molar-refractivity contribution in [2.75, 3.05) is 17.2 Å². The standard InChI is InChI=1S/C23H19Cl2N3O3/c24-16-7-4-8-17(25)20(16)23(22(26)30)27-18-10-9-15(13-19(18)28-23)21(29)31-12-11-14-5-2-1-3-6-14/h1-10,13,27-28H,11-12H2,(H2,26,30). The predicted octanol–water partition coefficient (Wildman–Crippen LogP) is 4.57. The van der Waals surface area contributed by atoms with E-state index in [-0.39, 0.29) is 16.7 Å². The minimum absolute atomic E-state index is 0.256. The van der Waals surface area contributed by atoms with Gasteiger partial charge in [0.15, 0.2) is 0 Å². The Labute approximate surface area is 189 Å². The summed E-state index contributed by atoms with van der Waals surface area (Å²) in [5.41, 5.74) is 7.00. The van der Waals surface area contributed by atoms with E-state index in [0.29, 0.717) is 28.9 Å². The topological polar surface area (TPSA) is 93.5 Å². The normalized spacial score (nSPS) is 16.7. The average molecular weight is 456 g/mol. The van der Waals surface area contributed by atoms with E-state index in [2.05, 4.69) is 10.6 Å². The molecule has 0 fully saturated rings. The molecule has 0 saturated heterocycles. The Hall–Kier alpha value is -3.22. The van der Waals surface area contributed by atoms with Crippen LogP contribution in [0.15, 0.2) is 66.7 Å². The zero-order valence-electron chi connectivity index (χ0n) is 16.3. The van der Waals surface area contributed by atoms with E-state index < -0.39 is 17.5 Å². The van der Waals surface area contributed by atoms with Crippen LogP contribution < -0.4 is 16.4 Å². The van der Waals surface area contributed by atoms with Crippen molar-refractivity contribution < 1.29 is 14.3 Å². The van der Waals surface area contributed by atoms with E-state index >= 15 is 0 Å². The molecule has 1 aliphatic rings. The summed E-state index contributed by atoms with van der Waals surface area (Å²) >= 11 is 12.7. The highest BCUT2D eigenvalue weighted by Crippen LogP contribution is 2.44. The monoisotopic (exact) mass is 455 g/mol. The van der Waals surface area contributed by atoms with Crippen LogP contribution in [0.1, 0.15) is 21.5 Å². The molecule has 0 aromatic heterocycles. The van der Waals surface area contributed by atoms with E-state index in [9.17, 15) is 9.59 Å². The van der Waals surface area contributed by atoms with Gasteiger partial charge in [-0.1, -0.05) is 59.6 Å². The van der Waals surface area contributed by atoms with E-state index in [1.165, 1.54) is 0 Å². The van der Waals surface area contributed by atoms with Crippen LogP contribution in [0.3, 0.4) is 0 Å². The van der Waals surface area contributed by atoms with Crippen LogP contribution in [-0.4, -0.2) is 18.5 Å².